The third-order valence-electron chi connectivity index (χ3n) is 4.91. The minimum atomic E-state index is 0. The number of rotatable bonds is 5. The molecule has 2 heterocycles. The van der Waals surface area contributed by atoms with E-state index in [-0.39, 0.29) is 24.0 Å². The molecule has 1 aliphatic heterocycles. The second-order valence-corrected chi connectivity index (χ2v) is 7.15. The van der Waals surface area contributed by atoms with E-state index in [4.69, 9.17) is 11.6 Å². The molecule has 1 aromatic heterocycles. The lowest BCUT2D eigenvalue weighted by Gasteiger charge is -2.20. The van der Waals surface area contributed by atoms with Crippen molar-refractivity contribution < 1.29 is 0 Å². The van der Waals surface area contributed by atoms with E-state index >= 15 is 0 Å². The van der Waals surface area contributed by atoms with E-state index in [1.807, 2.05) is 19.2 Å². The van der Waals surface area contributed by atoms with Crippen molar-refractivity contribution in [1.82, 2.24) is 15.6 Å². The number of aliphatic imine (C=N–C) groups is 1. The van der Waals surface area contributed by atoms with Crippen LogP contribution in [0, 0.1) is 0 Å². The summed E-state index contributed by atoms with van der Waals surface area (Å²) < 4.78 is 0. The molecule has 0 spiro atoms. The molecule has 5 nitrogen and oxygen atoms in total. The van der Waals surface area contributed by atoms with Gasteiger partial charge in [0.25, 0.3) is 0 Å². The molecule has 7 heteroatoms. The summed E-state index contributed by atoms with van der Waals surface area (Å²) in [5.74, 6) is 1.76. The highest BCUT2D eigenvalue weighted by molar-refractivity contribution is 14.0. The summed E-state index contributed by atoms with van der Waals surface area (Å²) >= 11 is 6.26. The number of guanidine groups is 1. The average molecular weight is 490 g/mol. The Bertz CT molecular complexity index is 634. The second-order valence-electron chi connectivity index (χ2n) is 6.74. The van der Waals surface area contributed by atoms with Gasteiger partial charge in [-0.25, -0.2) is 4.98 Å². The average Bonchev–Trinajstić information content (AvgIpc) is 3.10. The molecule has 0 amide bonds. The molecule has 26 heavy (non-hydrogen) atoms. The molecule has 3 rings (SSSR count). The number of nitrogens with zero attached hydrogens (tertiary/aromatic N) is 3. The smallest absolute Gasteiger partial charge is 0.191 e. The number of aromatic nitrogens is 1. The number of nitrogens with one attached hydrogen (secondary N) is 2. The van der Waals surface area contributed by atoms with Gasteiger partial charge in [0.05, 0.1) is 5.02 Å². The molecule has 1 atom stereocenters. The Hall–Kier alpha value is -1.02. The zero-order valence-corrected chi connectivity index (χ0v) is 18.5. The molecule has 144 valence electrons. The van der Waals surface area contributed by atoms with Gasteiger partial charge in [0, 0.05) is 38.9 Å². The minimum absolute atomic E-state index is 0. The number of anilines is 1. The van der Waals surface area contributed by atoms with Gasteiger partial charge in [-0.2, -0.15) is 0 Å². The molecule has 1 aromatic rings. The minimum Gasteiger partial charge on any atom is -0.356 e. The molecular formula is C19H29ClIN5. The molecule has 1 fully saturated rings. The van der Waals surface area contributed by atoms with E-state index in [0.29, 0.717) is 11.1 Å². The summed E-state index contributed by atoms with van der Waals surface area (Å²) in [5, 5.41) is 7.69. The number of hydrogen-bond donors (Lipinski definition) is 2. The highest BCUT2D eigenvalue weighted by atomic mass is 127. The highest BCUT2D eigenvalue weighted by Crippen LogP contribution is 2.25. The molecule has 0 aromatic carbocycles. The van der Waals surface area contributed by atoms with Crippen molar-refractivity contribution in [1.29, 1.82) is 0 Å². The fourth-order valence-corrected chi connectivity index (χ4v) is 3.78. The summed E-state index contributed by atoms with van der Waals surface area (Å²) in [6, 6.07) is 4.12. The number of hydrogen-bond acceptors (Lipinski definition) is 3. The zero-order chi connectivity index (χ0) is 17.5. The molecule has 0 bridgehead atoms. The van der Waals surface area contributed by atoms with Crippen molar-refractivity contribution in [3.8, 4) is 0 Å². The van der Waals surface area contributed by atoms with Crippen molar-refractivity contribution in [3.63, 3.8) is 0 Å². The first-order valence-electron chi connectivity index (χ1n) is 9.27. The van der Waals surface area contributed by atoms with Crippen LogP contribution in [-0.4, -0.2) is 43.7 Å². The van der Waals surface area contributed by atoms with Gasteiger partial charge in [0.1, 0.15) is 5.82 Å². The van der Waals surface area contributed by atoms with Crippen molar-refractivity contribution in [2.45, 2.75) is 44.6 Å². The lowest BCUT2D eigenvalue weighted by Crippen LogP contribution is -2.45. The van der Waals surface area contributed by atoms with Gasteiger partial charge in [-0.15, -0.1) is 24.0 Å². The highest BCUT2D eigenvalue weighted by Gasteiger charge is 2.25. The molecule has 0 saturated carbocycles. The molecule has 2 N–H and O–H groups in total. The van der Waals surface area contributed by atoms with Gasteiger partial charge in [-0.1, -0.05) is 23.3 Å². The standard InChI is InChI=1S/C19H28ClN5.HI/c1-21-19(23-12-9-15-6-3-2-4-7-15)24-16-10-13-25(14-16)18-17(20)8-5-11-22-18;/h5-6,8,11,16H,2-4,7,9-10,12-14H2,1H3,(H2,21,23,24);1H. The third-order valence-corrected chi connectivity index (χ3v) is 5.21. The first kappa shape index (κ1) is 21.3. The van der Waals surface area contributed by atoms with Crippen LogP contribution in [-0.2, 0) is 0 Å². The number of pyridine rings is 1. The van der Waals surface area contributed by atoms with Gasteiger partial charge in [-0.05, 0) is 50.7 Å². The van der Waals surface area contributed by atoms with Gasteiger partial charge >= 0.3 is 0 Å². The Morgan fingerprint density at radius 3 is 3.04 bits per heavy atom. The van der Waals surface area contributed by atoms with Crippen LogP contribution in [0.3, 0.4) is 0 Å². The summed E-state index contributed by atoms with van der Waals surface area (Å²) in [5.41, 5.74) is 1.59. The monoisotopic (exact) mass is 489 g/mol. The van der Waals surface area contributed by atoms with E-state index in [9.17, 15) is 0 Å². The number of halogens is 2. The predicted molar refractivity (Wildman–Crippen MR) is 121 cm³/mol. The van der Waals surface area contributed by atoms with Crippen LogP contribution in [0.25, 0.3) is 0 Å². The molecule has 2 aliphatic rings. The van der Waals surface area contributed by atoms with Crippen LogP contribution < -0.4 is 15.5 Å². The fourth-order valence-electron chi connectivity index (χ4n) is 3.54. The Morgan fingerprint density at radius 1 is 1.42 bits per heavy atom. The van der Waals surface area contributed by atoms with Crippen LogP contribution in [0.5, 0.6) is 0 Å². The van der Waals surface area contributed by atoms with Crippen LogP contribution >= 0.6 is 35.6 Å². The quantitative estimate of drug-likeness (QED) is 0.284. The van der Waals surface area contributed by atoms with E-state index in [2.05, 4.69) is 31.6 Å². The molecular weight excluding hydrogens is 461 g/mol. The van der Waals surface area contributed by atoms with Gasteiger partial charge in [-0.3, -0.25) is 4.99 Å². The Kier molecular flexibility index (Phi) is 8.98. The summed E-state index contributed by atoms with van der Waals surface area (Å²) in [6.07, 6.45) is 11.6. The summed E-state index contributed by atoms with van der Waals surface area (Å²) in [4.78, 5) is 11.0. The number of allylic oxidation sites excluding steroid dienone is 1. The second kappa shape index (κ2) is 11.0. The molecule has 1 unspecified atom stereocenters. The fraction of sp³-hybridized carbons (Fsp3) is 0.579. The van der Waals surface area contributed by atoms with Crippen molar-refractivity contribution in [3.05, 3.63) is 35.0 Å². The Labute approximate surface area is 178 Å². The molecule has 0 radical (unpaired) electrons. The first-order chi connectivity index (χ1) is 12.3. The van der Waals surface area contributed by atoms with E-state index in [1.54, 1.807) is 11.8 Å². The lowest BCUT2D eigenvalue weighted by atomic mass is 9.97. The van der Waals surface area contributed by atoms with Gasteiger partial charge in [0.15, 0.2) is 5.96 Å². The van der Waals surface area contributed by atoms with E-state index in [1.165, 1.54) is 25.7 Å². The predicted octanol–water partition coefficient (Wildman–Crippen LogP) is 3.99. The summed E-state index contributed by atoms with van der Waals surface area (Å²) in [7, 11) is 1.83. The largest absolute Gasteiger partial charge is 0.356 e. The normalized spacial score (nSPS) is 20.4. The molecule has 1 saturated heterocycles. The summed E-state index contributed by atoms with van der Waals surface area (Å²) in [6.45, 7) is 2.79. The lowest BCUT2D eigenvalue weighted by molar-refractivity contribution is 0.638. The Morgan fingerprint density at radius 2 is 2.31 bits per heavy atom. The van der Waals surface area contributed by atoms with Crippen molar-refractivity contribution >= 4 is 47.4 Å². The van der Waals surface area contributed by atoms with Crippen LogP contribution in [0.1, 0.15) is 38.5 Å². The van der Waals surface area contributed by atoms with Gasteiger partial charge in [0.2, 0.25) is 0 Å². The first-order valence-corrected chi connectivity index (χ1v) is 9.64. The maximum absolute atomic E-state index is 6.26. The van der Waals surface area contributed by atoms with Crippen LogP contribution in [0.4, 0.5) is 5.82 Å². The SMILES string of the molecule is CN=C(NCCC1=CCCCC1)NC1CCN(c2ncccc2Cl)C1.I. The van der Waals surface area contributed by atoms with Crippen molar-refractivity contribution in [2.75, 3.05) is 31.6 Å². The molecule has 1 aliphatic carbocycles. The zero-order valence-electron chi connectivity index (χ0n) is 15.4. The van der Waals surface area contributed by atoms with Crippen molar-refractivity contribution in [2.24, 2.45) is 4.99 Å². The van der Waals surface area contributed by atoms with Crippen LogP contribution in [0.2, 0.25) is 5.02 Å². The van der Waals surface area contributed by atoms with E-state index in [0.717, 1.165) is 44.3 Å². The Balaban J connectivity index is 0.00000243. The maximum Gasteiger partial charge on any atom is 0.191 e. The van der Waals surface area contributed by atoms with E-state index < -0.39 is 0 Å². The van der Waals surface area contributed by atoms with Crippen LogP contribution in [0.15, 0.2) is 35.0 Å². The van der Waals surface area contributed by atoms with Gasteiger partial charge < -0.3 is 15.5 Å². The third kappa shape index (κ3) is 6.01. The maximum atomic E-state index is 6.26. The topological polar surface area (TPSA) is 52.6 Å².